The van der Waals surface area contributed by atoms with Crippen molar-refractivity contribution in [1.29, 1.82) is 0 Å². The number of carbonyl (C=O) groups is 1. The molecule has 6 heteroatoms. The molecule has 1 aliphatic rings. The standard InChI is InChI=1S/C18H17NO4S/c1-3-23-18(20)17-16(13-9-5-4-6-10-13)14-11-7-8-12-15(14)24(21,22)19(17)2/h4-12H,3H2,1-2H3. The predicted molar refractivity (Wildman–Crippen MR) is 90.5 cm³/mol. The zero-order valence-corrected chi connectivity index (χ0v) is 14.2. The van der Waals surface area contributed by atoms with Gasteiger partial charge >= 0.3 is 5.97 Å². The molecule has 0 unspecified atom stereocenters. The van der Waals surface area contributed by atoms with Gasteiger partial charge in [-0.15, -0.1) is 0 Å². The number of fused-ring (bicyclic) bond motifs is 1. The van der Waals surface area contributed by atoms with Crippen LogP contribution in [0.15, 0.2) is 65.2 Å². The van der Waals surface area contributed by atoms with E-state index in [-0.39, 0.29) is 17.2 Å². The largest absolute Gasteiger partial charge is 0.461 e. The van der Waals surface area contributed by atoms with E-state index in [1.165, 1.54) is 7.05 Å². The number of esters is 1. The molecule has 24 heavy (non-hydrogen) atoms. The minimum atomic E-state index is -3.80. The van der Waals surface area contributed by atoms with Crippen molar-refractivity contribution in [2.75, 3.05) is 13.7 Å². The lowest BCUT2D eigenvalue weighted by atomic mass is 9.95. The zero-order valence-electron chi connectivity index (χ0n) is 13.4. The third-order valence-electron chi connectivity index (χ3n) is 3.88. The lowest BCUT2D eigenvalue weighted by molar-refractivity contribution is -0.139. The Labute approximate surface area is 141 Å². The summed E-state index contributed by atoms with van der Waals surface area (Å²) in [7, 11) is -2.42. The Hall–Kier alpha value is -2.60. The number of carbonyl (C=O) groups excluding carboxylic acids is 1. The molecule has 0 radical (unpaired) electrons. The molecule has 0 bridgehead atoms. The number of hydrogen-bond acceptors (Lipinski definition) is 4. The maximum Gasteiger partial charge on any atom is 0.356 e. The second-order valence-electron chi connectivity index (χ2n) is 5.28. The smallest absolute Gasteiger partial charge is 0.356 e. The minimum Gasteiger partial charge on any atom is -0.461 e. The molecule has 0 saturated heterocycles. The van der Waals surface area contributed by atoms with Crippen LogP contribution in [0.1, 0.15) is 18.1 Å². The molecule has 0 N–H and O–H groups in total. The summed E-state index contributed by atoms with van der Waals surface area (Å²) in [5, 5.41) is 0. The van der Waals surface area contributed by atoms with Gasteiger partial charge in [-0.05, 0) is 18.6 Å². The van der Waals surface area contributed by atoms with Gasteiger partial charge in [0.1, 0.15) is 5.70 Å². The van der Waals surface area contributed by atoms with E-state index in [1.54, 1.807) is 31.2 Å². The molecule has 0 aromatic heterocycles. The highest BCUT2D eigenvalue weighted by molar-refractivity contribution is 7.89. The van der Waals surface area contributed by atoms with Crippen LogP contribution in [0.25, 0.3) is 5.57 Å². The van der Waals surface area contributed by atoms with Gasteiger partial charge in [0.25, 0.3) is 10.0 Å². The van der Waals surface area contributed by atoms with Crippen LogP contribution in [0, 0.1) is 0 Å². The number of hydrogen-bond donors (Lipinski definition) is 0. The van der Waals surface area contributed by atoms with E-state index in [1.807, 2.05) is 30.3 Å². The number of sulfonamides is 1. The molecule has 2 aromatic rings. The molecule has 0 amide bonds. The van der Waals surface area contributed by atoms with Gasteiger partial charge in [0.05, 0.1) is 11.5 Å². The minimum absolute atomic E-state index is 0.0294. The third-order valence-corrected chi connectivity index (χ3v) is 5.69. The van der Waals surface area contributed by atoms with E-state index in [2.05, 4.69) is 0 Å². The predicted octanol–water partition coefficient (Wildman–Crippen LogP) is 2.64. The van der Waals surface area contributed by atoms with Crippen LogP contribution in [-0.2, 0) is 19.6 Å². The number of likely N-dealkylation sites (N-methyl/N-ethyl adjacent to an activating group) is 1. The average molecular weight is 343 g/mol. The fraction of sp³-hybridized carbons (Fsp3) is 0.167. The van der Waals surface area contributed by atoms with Gasteiger partial charge in [0.15, 0.2) is 0 Å². The SMILES string of the molecule is CCOC(=O)C1=C(c2ccccc2)c2ccccc2S(=O)(=O)N1C. The molecule has 1 heterocycles. The van der Waals surface area contributed by atoms with Crippen molar-refractivity contribution in [2.24, 2.45) is 0 Å². The topological polar surface area (TPSA) is 63.7 Å². The van der Waals surface area contributed by atoms with Gasteiger partial charge in [0.2, 0.25) is 0 Å². The first-order valence-corrected chi connectivity index (χ1v) is 8.97. The summed E-state index contributed by atoms with van der Waals surface area (Å²) in [6.07, 6.45) is 0. The van der Waals surface area contributed by atoms with Gasteiger partial charge in [-0.25, -0.2) is 13.2 Å². The lowest BCUT2D eigenvalue weighted by Gasteiger charge is -2.30. The molecular weight excluding hydrogens is 326 g/mol. The lowest BCUT2D eigenvalue weighted by Crippen LogP contribution is -2.36. The Morgan fingerprint density at radius 1 is 1.04 bits per heavy atom. The van der Waals surface area contributed by atoms with Crippen LogP contribution < -0.4 is 0 Å². The summed E-state index contributed by atoms with van der Waals surface area (Å²) in [6, 6.07) is 15.9. The Bertz CT molecular complexity index is 917. The number of benzene rings is 2. The maximum atomic E-state index is 12.8. The molecule has 1 aliphatic heterocycles. The fourth-order valence-corrected chi connectivity index (χ4v) is 4.18. The van der Waals surface area contributed by atoms with Crippen LogP contribution in [0.5, 0.6) is 0 Å². The summed E-state index contributed by atoms with van der Waals surface area (Å²) >= 11 is 0. The first-order chi connectivity index (χ1) is 11.5. The third kappa shape index (κ3) is 2.49. The van der Waals surface area contributed by atoms with Crippen molar-refractivity contribution in [3.05, 3.63) is 71.4 Å². The monoisotopic (exact) mass is 343 g/mol. The molecule has 124 valence electrons. The normalized spacial score (nSPS) is 15.8. The molecular formula is C18H17NO4S. The van der Waals surface area contributed by atoms with E-state index in [0.29, 0.717) is 11.1 Å². The highest BCUT2D eigenvalue weighted by Gasteiger charge is 2.38. The highest BCUT2D eigenvalue weighted by Crippen LogP contribution is 2.39. The van der Waals surface area contributed by atoms with Crippen molar-refractivity contribution in [3.63, 3.8) is 0 Å². The number of rotatable bonds is 3. The first kappa shape index (κ1) is 16.3. The Morgan fingerprint density at radius 3 is 2.33 bits per heavy atom. The molecule has 5 nitrogen and oxygen atoms in total. The van der Waals surface area contributed by atoms with Crippen molar-refractivity contribution in [3.8, 4) is 0 Å². The van der Waals surface area contributed by atoms with Crippen molar-refractivity contribution in [2.45, 2.75) is 11.8 Å². The Morgan fingerprint density at radius 2 is 1.67 bits per heavy atom. The van der Waals surface area contributed by atoms with E-state index >= 15 is 0 Å². The van der Waals surface area contributed by atoms with E-state index < -0.39 is 16.0 Å². The van der Waals surface area contributed by atoms with Crippen LogP contribution in [0.3, 0.4) is 0 Å². The van der Waals surface area contributed by atoms with Crippen LogP contribution in [0.4, 0.5) is 0 Å². The Balaban J connectivity index is 2.39. The van der Waals surface area contributed by atoms with E-state index in [0.717, 1.165) is 9.87 Å². The van der Waals surface area contributed by atoms with Gasteiger partial charge in [0, 0.05) is 18.2 Å². The first-order valence-electron chi connectivity index (χ1n) is 7.53. The summed E-state index contributed by atoms with van der Waals surface area (Å²) < 4.78 is 31.7. The van der Waals surface area contributed by atoms with Crippen molar-refractivity contribution < 1.29 is 17.9 Å². The van der Waals surface area contributed by atoms with Crippen LogP contribution >= 0.6 is 0 Å². The van der Waals surface area contributed by atoms with Crippen LogP contribution in [-0.4, -0.2) is 32.3 Å². The van der Waals surface area contributed by atoms with Gasteiger partial charge < -0.3 is 4.74 Å². The Kier molecular flexibility index (Phi) is 4.15. The maximum absolute atomic E-state index is 12.8. The molecule has 0 fully saturated rings. The van der Waals surface area contributed by atoms with Gasteiger partial charge in [-0.2, -0.15) is 0 Å². The fourth-order valence-electron chi connectivity index (χ4n) is 2.78. The zero-order chi connectivity index (χ0) is 17.3. The quantitative estimate of drug-likeness (QED) is 0.804. The summed E-state index contributed by atoms with van der Waals surface area (Å²) in [6.45, 7) is 1.85. The van der Waals surface area contributed by atoms with E-state index in [9.17, 15) is 13.2 Å². The highest BCUT2D eigenvalue weighted by atomic mass is 32.2. The number of nitrogens with zero attached hydrogens (tertiary/aromatic N) is 1. The van der Waals surface area contributed by atoms with Gasteiger partial charge in [-0.1, -0.05) is 48.5 Å². The van der Waals surface area contributed by atoms with Crippen molar-refractivity contribution in [1.82, 2.24) is 4.31 Å². The molecule has 0 saturated carbocycles. The second kappa shape index (κ2) is 6.13. The summed E-state index contributed by atoms with van der Waals surface area (Å²) in [4.78, 5) is 12.7. The van der Waals surface area contributed by atoms with Crippen molar-refractivity contribution >= 4 is 21.6 Å². The van der Waals surface area contributed by atoms with Crippen LogP contribution in [0.2, 0.25) is 0 Å². The molecule has 0 spiro atoms. The molecule has 2 aromatic carbocycles. The van der Waals surface area contributed by atoms with E-state index in [4.69, 9.17) is 4.74 Å². The molecule has 0 aliphatic carbocycles. The number of ether oxygens (including phenoxy) is 1. The van der Waals surface area contributed by atoms with Gasteiger partial charge in [-0.3, -0.25) is 4.31 Å². The summed E-state index contributed by atoms with van der Waals surface area (Å²) in [5.41, 5.74) is 1.85. The molecule has 0 atom stereocenters. The molecule has 3 rings (SSSR count). The second-order valence-corrected chi connectivity index (χ2v) is 7.22. The summed E-state index contributed by atoms with van der Waals surface area (Å²) in [5.74, 6) is -0.656. The average Bonchev–Trinajstić information content (AvgIpc) is 2.59.